The zero-order valence-corrected chi connectivity index (χ0v) is 9.52. The molecule has 4 nitrogen and oxygen atoms in total. The van der Waals surface area contributed by atoms with E-state index >= 15 is 0 Å². The zero-order valence-electron chi connectivity index (χ0n) is 9.52. The molecule has 0 saturated carbocycles. The zero-order chi connectivity index (χ0) is 13.6. The summed E-state index contributed by atoms with van der Waals surface area (Å²) in [6.45, 7) is -2.21. The highest BCUT2D eigenvalue weighted by atomic mass is 19.4. The molecule has 100 valence electrons. The lowest BCUT2D eigenvalue weighted by atomic mass is 10.2. The second-order valence-electron chi connectivity index (χ2n) is 3.65. The van der Waals surface area contributed by atoms with Gasteiger partial charge in [-0.3, -0.25) is 9.78 Å². The third-order valence-electron chi connectivity index (χ3n) is 2.15. The van der Waals surface area contributed by atoms with Crippen LogP contribution in [0.25, 0.3) is 0 Å². The third-order valence-corrected chi connectivity index (χ3v) is 2.15. The highest BCUT2D eigenvalue weighted by molar-refractivity contribution is 5.78. The first-order valence-electron chi connectivity index (χ1n) is 5.27. The van der Waals surface area contributed by atoms with Gasteiger partial charge in [0.2, 0.25) is 5.91 Å². The van der Waals surface area contributed by atoms with Crippen LogP contribution in [-0.2, 0) is 11.2 Å². The van der Waals surface area contributed by atoms with Gasteiger partial charge in [0.15, 0.2) is 0 Å². The summed E-state index contributed by atoms with van der Waals surface area (Å²) in [6, 6.07) is 4.85. The van der Waals surface area contributed by atoms with Gasteiger partial charge in [-0.1, -0.05) is 6.07 Å². The van der Waals surface area contributed by atoms with Gasteiger partial charge in [0.1, 0.15) is 6.54 Å². The van der Waals surface area contributed by atoms with E-state index in [2.05, 4.69) is 4.98 Å². The van der Waals surface area contributed by atoms with Crippen molar-refractivity contribution in [3.05, 3.63) is 30.1 Å². The first-order valence-corrected chi connectivity index (χ1v) is 5.27. The Morgan fingerprint density at radius 2 is 2.11 bits per heavy atom. The summed E-state index contributed by atoms with van der Waals surface area (Å²) >= 11 is 0. The number of carbonyl (C=O) groups excluding carboxylic acids is 1. The summed E-state index contributed by atoms with van der Waals surface area (Å²) in [6.07, 6.45) is -3.23. The van der Waals surface area contributed by atoms with Gasteiger partial charge >= 0.3 is 6.18 Å². The van der Waals surface area contributed by atoms with Crippen LogP contribution in [0, 0.1) is 0 Å². The van der Waals surface area contributed by atoms with Crippen molar-refractivity contribution in [3.63, 3.8) is 0 Å². The van der Waals surface area contributed by atoms with Crippen LogP contribution >= 0.6 is 0 Å². The quantitative estimate of drug-likeness (QED) is 0.861. The average molecular weight is 262 g/mol. The Balaban J connectivity index is 2.65. The number of amides is 1. The topological polar surface area (TPSA) is 53.4 Å². The molecule has 18 heavy (non-hydrogen) atoms. The third kappa shape index (κ3) is 5.13. The van der Waals surface area contributed by atoms with Crippen molar-refractivity contribution in [2.75, 3.05) is 19.7 Å². The number of carbonyl (C=O) groups is 1. The minimum atomic E-state index is -4.48. The SMILES string of the molecule is O=C(Cc1ccccn1)N(CCO)CC(F)(F)F. The molecule has 0 aliphatic heterocycles. The van der Waals surface area contributed by atoms with Crippen molar-refractivity contribution in [3.8, 4) is 0 Å². The van der Waals surface area contributed by atoms with Crippen molar-refractivity contribution in [1.82, 2.24) is 9.88 Å². The van der Waals surface area contributed by atoms with Gasteiger partial charge in [0.25, 0.3) is 0 Å². The Morgan fingerprint density at radius 3 is 2.61 bits per heavy atom. The molecular formula is C11H13F3N2O2. The molecule has 1 heterocycles. The number of alkyl halides is 3. The lowest BCUT2D eigenvalue weighted by Gasteiger charge is -2.22. The average Bonchev–Trinajstić information content (AvgIpc) is 2.28. The molecule has 0 saturated heterocycles. The van der Waals surface area contributed by atoms with Gasteiger partial charge in [-0.15, -0.1) is 0 Å². The number of rotatable bonds is 5. The summed E-state index contributed by atoms with van der Waals surface area (Å²) < 4.78 is 36.7. The van der Waals surface area contributed by atoms with Crippen LogP contribution in [0.1, 0.15) is 5.69 Å². The van der Waals surface area contributed by atoms with E-state index in [4.69, 9.17) is 5.11 Å². The number of halogens is 3. The number of pyridine rings is 1. The smallest absolute Gasteiger partial charge is 0.395 e. The molecule has 0 aliphatic rings. The maximum Gasteiger partial charge on any atom is 0.406 e. The minimum absolute atomic E-state index is 0.211. The molecule has 7 heteroatoms. The Labute approximate surface area is 102 Å². The number of aromatic nitrogens is 1. The van der Waals surface area contributed by atoms with Crippen molar-refractivity contribution in [1.29, 1.82) is 0 Å². The van der Waals surface area contributed by atoms with E-state index in [1.807, 2.05) is 0 Å². The summed E-state index contributed by atoms with van der Waals surface area (Å²) in [4.78, 5) is 16.1. The normalized spacial score (nSPS) is 11.3. The summed E-state index contributed by atoms with van der Waals surface area (Å²) in [7, 11) is 0. The molecule has 0 spiro atoms. The number of hydrogen-bond donors (Lipinski definition) is 1. The number of aliphatic hydroxyl groups excluding tert-OH is 1. The molecule has 0 atom stereocenters. The summed E-state index contributed by atoms with van der Waals surface area (Å²) in [5.74, 6) is -0.708. The molecule has 0 aromatic carbocycles. The summed E-state index contributed by atoms with van der Waals surface area (Å²) in [5, 5.41) is 8.67. The second-order valence-corrected chi connectivity index (χ2v) is 3.65. The standard InChI is InChI=1S/C11H13F3N2O2/c12-11(13,14)8-16(5-6-17)10(18)7-9-3-1-2-4-15-9/h1-4,17H,5-8H2. The van der Waals surface area contributed by atoms with Crippen molar-refractivity contribution in [2.45, 2.75) is 12.6 Å². The van der Waals surface area contributed by atoms with E-state index in [1.54, 1.807) is 18.2 Å². The van der Waals surface area contributed by atoms with Crippen molar-refractivity contribution < 1.29 is 23.1 Å². The summed E-state index contributed by atoms with van der Waals surface area (Å²) in [5.41, 5.74) is 0.396. The van der Waals surface area contributed by atoms with Crippen LogP contribution in [0.15, 0.2) is 24.4 Å². The minimum Gasteiger partial charge on any atom is -0.395 e. The maximum atomic E-state index is 12.2. The largest absolute Gasteiger partial charge is 0.406 e. The van der Waals surface area contributed by atoms with Gasteiger partial charge in [0, 0.05) is 18.4 Å². The molecule has 1 N–H and O–H groups in total. The van der Waals surface area contributed by atoms with Gasteiger partial charge in [0.05, 0.1) is 13.0 Å². The maximum absolute atomic E-state index is 12.2. The number of nitrogens with zero attached hydrogens (tertiary/aromatic N) is 2. The van der Waals surface area contributed by atoms with E-state index in [-0.39, 0.29) is 13.0 Å². The Bertz CT molecular complexity index is 382. The first-order chi connectivity index (χ1) is 8.42. The Hall–Kier alpha value is -1.63. The van der Waals surface area contributed by atoms with E-state index in [0.717, 1.165) is 0 Å². The van der Waals surface area contributed by atoms with Gasteiger partial charge in [-0.2, -0.15) is 13.2 Å². The number of hydrogen-bond acceptors (Lipinski definition) is 3. The van der Waals surface area contributed by atoms with Crippen LogP contribution in [0.2, 0.25) is 0 Å². The van der Waals surface area contributed by atoms with Crippen LogP contribution in [-0.4, -0.2) is 46.8 Å². The van der Waals surface area contributed by atoms with Crippen LogP contribution in [0.5, 0.6) is 0 Å². The van der Waals surface area contributed by atoms with Gasteiger partial charge in [-0.25, -0.2) is 0 Å². The Morgan fingerprint density at radius 1 is 1.39 bits per heavy atom. The van der Waals surface area contributed by atoms with Gasteiger partial charge in [-0.05, 0) is 12.1 Å². The van der Waals surface area contributed by atoms with Crippen molar-refractivity contribution >= 4 is 5.91 Å². The predicted molar refractivity (Wildman–Crippen MR) is 57.7 cm³/mol. The van der Waals surface area contributed by atoms with E-state index in [0.29, 0.717) is 10.6 Å². The molecule has 1 amide bonds. The predicted octanol–water partition coefficient (Wildman–Crippen LogP) is 1.01. The first kappa shape index (κ1) is 14.4. The molecule has 0 aliphatic carbocycles. The van der Waals surface area contributed by atoms with Crippen molar-refractivity contribution in [2.24, 2.45) is 0 Å². The van der Waals surface area contributed by atoms with E-state index < -0.39 is 25.2 Å². The fraction of sp³-hybridized carbons (Fsp3) is 0.455. The van der Waals surface area contributed by atoms with Crippen LogP contribution in [0.4, 0.5) is 13.2 Å². The van der Waals surface area contributed by atoms with E-state index in [9.17, 15) is 18.0 Å². The Kier molecular flexibility index (Phi) is 5.08. The van der Waals surface area contributed by atoms with E-state index in [1.165, 1.54) is 6.20 Å². The molecule has 1 aromatic rings. The molecule has 1 aromatic heterocycles. The molecule has 0 radical (unpaired) electrons. The second kappa shape index (κ2) is 6.34. The lowest BCUT2D eigenvalue weighted by Crippen LogP contribution is -2.41. The van der Waals surface area contributed by atoms with Crippen LogP contribution < -0.4 is 0 Å². The highest BCUT2D eigenvalue weighted by Gasteiger charge is 2.32. The van der Waals surface area contributed by atoms with Crippen LogP contribution in [0.3, 0.4) is 0 Å². The molecular weight excluding hydrogens is 249 g/mol. The molecule has 1 rings (SSSR count). The molecule has 0 fully saturated rings. The fourth-order valence-corrected chi connectivity index (χ4v) is 1.40. The lowest BCUT2D eigenvalue weighted by molar-refractivity contribution is -0.161. The molecule has 0 bridgehead atoms. The fourth-order valence-electron chi connectivity index (χ4n) is 1.40. The molecule has 0 unspecified atom stereocenters. The highest BCUT2D eigenvalue weighted by Crippen LogP contribution is 2.16. The number of aliphatic hydroxyl groups is 1. The monoisotopic (exact) mass is 262 g/mol. The van der Waals surface area contributed by atoms with Gasteiger partial charge < -0.3 is 10.0 Å².